The van der Waals surface area contributed by atoms with Crippen LogP contribution >= 0.6 is 0 Å². The first-order valence-electron chi connectivity index (χ1n) is 8.07. The summed E-state index contributed by atoms with van der Waals surface area (Å²) in [7, 11) is 1.72. The number of benzene rings is 1. The summed E-state index contributed by atoms with van der Waals surface area (Å²) in [5, 5.41) is 3.46. The van der Waals surface area contributed by atoms with Crippen molar-refractivity contribution in [1.29, 1.82) is 0 Å². The molecular formula is C18H31NO2. The van der Waals surface area contributed by atoms with Crippen molar-refractivity contribution in [3.63, 3.8) is 0 Å². The fourth-order valence-electron chi connectivity index (χ4n) is 2.33. The van der Waals surface area contributed by atoms with E-state index in [1.165, 1.54) is 5.56 Å². The maximum Gasteiger partial charge on any atom is 0.119 e. The zero-order valence-corrected chi connectivity index (χ0v) is 14.0. The van der Waals surface area contributed by atoms with E-state index in [0.717, 1.165) is 44.9 Å². The summed E-state index contributed by atoms with van der Waals surface area (Å²) in [5.74, 6) is 2.14. The van der Waals surface area contributed by atoms with Gasteiger partial charge in [-0.25, -0.2) is 0 Å². The molecule has 0 aliphatic carbocycles. The molecule has 0 bridgehead atoms. The fraction of sp³-hybridized carbons (Fsp3) is 0.667. The van der Waals surface area contributed by atoms with Crippen LogP contribution in [0.1, 0.15) is 32.8 Å². The minimum atomic E-state index is 0.601. The predicted octanol–water partition coefficient (Wildman–Crippen LogP) is 3.53. The Labute approximate surface area is 130 Å². The van der Waals surface area contributed by atoms with Crippen LogP contribution in [0.15, 0.2) is 24.3 Å². The van der Waals surface area contributed by atoms with Crippen molar-refractivity contribution >= 4 is 0 Å². The summed E-state index contributed by atoms with van der Waals surface area (Å²) < 4.78 is 11.0. The predicted molar refractivity (Wildman–Crippen MR) is 89.0 cm³/mol. The summed E-state index contributed by atoms with van der Waals surface area (Å²) in [6.07, 6.45) is 2.16. The van der Waals surface area contributed by atoms with E-state index < -0.39 is 0 Å². The van der Waals surface area contributed by atoms with E-state index in [4.69, 9.17) is 9.47 Å². The molecule has 0 fully saturated rings. The van der Waals surface area contributed by atoms with Crippen LogP contribution in [-0.4, -0.2) is 33.4 Å². The molecule has 0 amide bonds. The average molecular weight is 293 g/mol. The molecule has 0 aliphatic heterocycles. The van der Waals surface area contributed by atoms with Gasteiger partial charge in [0.1, 0.15) is 5.75 Å². The second kappa shape index (κ2) is 10.6. The van der Waals surface area contributed by atoms with E-state index >= 15 is 0 Å². The summed E-state index contributed by atoms with van der Waals surface area (Å²) in [6, 6.07) is 8.37. The molecule has 3 nitrogen and oxygen atoms in total. The van der Waals surface area contributed by atoms with Gasteiger partial charge in [-0.05, 0) is 55.5 Å². The lowest BCUT2D eigenvalue weighted by atomic mass is 9.96. The topological polar surface area (TPSA) is 30.5 Å². The van der Waals surface area contributed by atoms with Gasteiger partial charge in [0.2, 0.25) is 0 Å². The normalized spacial score (nSPS) is 12.6. The monoisotopic (exact) mass is 293 g/mol. The molecule has 0 aromatic heterocycles. The number of rotatable bonds is 11. The highest BCUT2D eigenvalue weighted by atomic mass is 16.5. The highest BCUT2D eigenvalue weighted by molar-refractivity contribution is 5.28. The molecule has 0 radical (unpaired) electrons. The van der Waals surface area contributed by atoms with Gasteiger partial charge in [-0.15, -0.1) is 0 Å². The van der Waals surface area contributed by atoms with Crippen molar-refractivity contribution < 1.29 is 9.47 Å². The van der Waals surface area contributed by atoms with Crippen molar-refractivity contribution in [2.24, 2.45) is 11.8 Å². The smallest absolute Gasteiger partial charge is 0.119 e. The SMILES string of the molecule is CCNCC(CCOCC(C)C)Cc1cccc(OC)c1. The Morgan fingerprint density at radius 3 is 2.71 bits per heavy atom. The molecule has 1 aromatic rings. The molecule has 0 heterocycles. The molecule has 120 valence electrons. The highest BCUT2D eigenvalue weighted by Crippen LogP contribution is 2.17. The fourth-order valence-corrected chi connectivity index (χ4v) is 2.33. The number of hydrogen-bond acceptors (Lipinski definition) is 3. The van der Waals surface area contributed by atoms with Crippen LogP contribution in [0.3, 0.4) is 0 Å². The quantitative estimate of drug-likeness (QED) is 0.633. The number of ether oxygens (including phenoxy) is 2. The lowest BCUT2D eigenvalue weighted by Crippen LogP contribution is -2.25. The third kappa shape index (κ3) is 8.08. The van der Waals surface area contributed by atoms with Gasteiger partial charge in [0, 0.05) is 13.2 Å². The summed E-state index contributed by atoms with van der Waals surface area (Å²) >= 11 is 0. The molecule has 21 heavy (non-hydrogen) atoms. The summed E-state index contributed by atoms with van der Waals surface area (Å²) in [4.78, 5) is 0. The third-order valence-electron chi connectivity index (χ3n) is 3.46. The molecule has 1 N–H and O–H groups in total. The van der Waals surface area contributed by atoms with Crippen LogP contribution in [0.25, 0.3) is 0 Å². The first-order valence-corrected chi connectivity index (χ1v) is 8.07. The highest BCUT2D eigenvalue weighted by Gasteiger charge is 2.10. The molecule has 0 spiro atoms. The Morgan fingerprint density at radius 1 is 1.24 bits per heavy atom. The van der Waals surface area contributed by atoms with Crippen LogP contribution in [0.4, 0.5) is 0 Å². The van der Waals surface area contributed by atoms with Gasteiger partial charge < -0.3 is 14.8 Å². The van der Waals surface area contributed by atoms with E-state index in [-0.39, 0.29) is 0 Å². The van der Waals surface area contributed by atoms with Gasteiger partial charge in [-0.1, -0.05) is 32.9 Å². The molecule has 1 aromatic carbocycles. The number of methoxy groups -OCH3 is 1. The summed E-state index contributed by atoms with van der Waals surface area (Å²) in [5.41, 5.74) is 1.33. The van der Waals surface area contributed by atoms with Gasteiger partial charge in [0.05, 0.1) is 7.11 Å². The average Bonchev–Trinajstić information content (AvgIpc) is 2.48. The molecule has 0 saturated carbocycles. The second-order valence-electron chi connectivity index (χ2n) is 5.99. The van der Waals surface area contributed by atoms with Crippen LogP contribution in [-0.2, 0) is 11.2 Å². The largest absolute Gasteiger partial charge is 0.497 e. The second-order valence-corrected chi connectivity index (χ2v) is 5.99. The van der Waals surface area contributed by atoms with Crippen LogP contribution in [0.2, 0.25) is 0 Å². The lowest BCUT2D eigenvalue weighted by Gasteiger charge is -2.18. The molecule has 0 saturated heterocycles. The zero-order chi connectivity index (χ0) is 15.5. The Morgan fingerprint density at radius 2 is 2.05 bits per heavy atom. The standard InChI is InChI=1S/C18H31NO2/c1-5-19-13-17(9-10-21-14-15(2)3)11-16-7-6-8-18(12-16)20-4/h6-8,12,15,17,19H,5,9-11,13-14H2,1-4H3. The molecular weight excluding hydrogens is 262 g/mol. The number of nitrogens with one attached hydrogen (secondary N) is 1. The van der Waals surface area contributed by atoms with Crippen molar-refractivity contribution in [1.82, 2.24) is 5.32 Å². The third-order valence-corrected chi connectivity index (χ3v) is 3.46. The molecule has 0 aliphatic rings. The lowest BCUT2D eigenvalue weighted by molar-refractivity contribution is 0.0976. The summed E-state index contributed by atoms with van der Waals surface area (Å²) in [6.45, 7) is 10.3. The van der Waals surface area contributed by atoms with Crippen molar-refractivity contribution in [3.8, 4) is 5.75 Å². The van der Waals surface area contributed by atoms with Crippen LogP contribution < -0.4 is 10.1 Å². The van der Waals surface area contributed by atoms with Crippen LogP contribution in [0.5, 0.6) is 5.75 Å². The zero-order valence-electron chi connectivity index (χ0n) is 14.0. The van der Waals surface area contributed by atoms with Gasteiger partial charge in [0.25, 0.3) is 0 Å². The van der Waals surface area contributed by atoms with Crippen molar-refractivity contribution in [2.75, 3.05) is 33.4 Å². The minimum absolute atomic E-state index is 0.601. The van der Waals surface area contributed by atoms with E-state index in [1.807, 2.05) is 6.07 Å². The van der Waals surface area contributed by atoms with E-state index in [2.05, 4.69) is 44.3 Å². The molecule has 1 atom stereocenters. The van der Waals surface area contributed by atoms with Crippen molar-refractivity contribution in [2.45, 2.75) is 33.6 Å². The molecule has 1 rings (SSSR count). The Kier molecular flexibility index (Phi) is 9.11. The Bertz CT molecular complexity index is 379. The maximum atomic E-state index is 5.74. The number of hydrogen-bond donors (Lipinski definition) is 1. The first kappa shape index (κ1) is 18.0. The van der Waals surface area contributed by atoms with Crippen molar-refractivity contribution in [3.05, 3.63) is 29.8 Å². The Hall–Kier alpha value is -1.06. The van der Waals surface area contributed by atoms with Gasteiger partial charge in [-0.2, -0.15) is 0 Å². The maximum absolute atomic E-state index is 5.74. The molecule has 1 unspecified atom stereocenters. The molecule has 3 heteroatoms. The van der Waals surface area contributed by atoms with Crippen LogP contribution in [0, 0.1) is 11.8 Å². The first-order chi connectivity index (χ1) is 10.2. The van der Waals surface area contributed by atoms with Gasteiger partial charge in [-0.3, -0.25) is 0 Å². The van der Waals surface area contributed by atoms with E-state index in [1.54, 1.807) is 7.11 Å². The van der Waals surface area contributed by atoms with E-state index in [9.17, 15) is 0 Å². The Balaban J connectivity index is 2.47. The van der Waals surface area contributed by atoms with E-state index in [0.29, 0.717) is 11.8 Å². The van der Waals surface area contributed by atoms with Gasteiger partial charge >= 0.3 is 0 Å². The minimum Gasteiger partial charge on any atom is -0.497 e. The van der Waals surface area contributed by atoms with Gasteiger partial charge in [0.15, 0.2) is 0 Å².